The number of amides is 2. The molecule has 0 bridgehead atoms. The first-order valence-electron chi connectivity index (χ1n) is 8.31. The second kappa shape index (κ2) is 6.44. The van der Waals surface area contributed by atoms with Crippen molar-refractivity contribution in [2.24, 2.45) is 0 Å². The van der Waals surface area contributed by atoms with E-state index in [1.165, 1.54) is 4.90 Å². The van der Waals surface area contributed by atoms with Crippen molar-refractivity contribution in [3.05, 3.63) is 0 Å². The van der Waals surface area contributed by atoms with Crippen LogP contribution in [0.3, 0.4) is 0 Å². The minimum absolute atomic E-state index is 0.0838. The third-order valence-corrected chi connectivity index (χ3v) is 4.54. The zero-order chi connectivity index (χ0) is 18.2. The van der Waals surface area contributed by atoms with Crippen molar-refractivity contribution in [2.45, 2.75) is 70.2 Å². The van der Waals surface area contributed by atoms with Crippen molar-refractivity contribution in [1.29, 1.82) is 0 Å². The van der Waals surface area contributed by atoms with Crippen molar-refractivity contribution in [3.8, 4) is 0 Å². The molecule has 2 saturated heterocycles. The first kappa shape index (κ1) is 18.9. The Morgan fingerprint density at radius 3 is 2.21 bits per heavy atom. The van der Waals surface area contributed by atoms with Crippen LogP contribution in [-0.4, -0.2) is 58.8 Å². The predicted molar refractivity (Wildman–Crippen MR) is 81.4 cm³/mol. The number of hydrogen-bond donors (Lipinski definition) is 0. The Bertz CT molecular complexity index is 498. The Labute approximate surface area is 140 Å². The Kier molecular flexibility index (Phi) is 5.06. The average molecular weight is 350 g/mol. The second-order valence-electron chi connectivity index (χ2n) is 7.64. The maximum atomic E-state index is 13.0. The van der Waals surface area contributed by atoms with Gasteiger partial charge in [0.1, 0.15) is 5.60 Å². The van der Waals surface area contributed by atoms with E-state index in [-0.39, 0.29) is 13.1 Å². The first-order valence-corrected chi connectivity index (χ1v) is 8.31. The average Bonchev–Trinajstić information content (AvgIpc) is 2.44. The SMILES string of the molecule is CC(C)(C)OC(=O)N1CCC[C@]2(CCCCN2C(=O)C(F)(F)F)C1. The summed E-state index contributed by atoms with van der Waals surface area (Å²) in [5.41, 5.74) is -1.60. The van der Waals surface area contributed by atoms with Crippen molar-refractivity contribution in [1.82, 2.24) is 9.80 Å². The fraction of sp³-hybridized carbons (Fsp3) is 0.875. The molecule has 0 aromatic carbocycles. The number of halogens is 3. The Hall–Kier alpha value is -1.47. The summed E-state index contributed by atoms with van der Waals surface area (Å²) in [6.07, 6.45) is -2.60. The van der Waals surface area contributed by atoms with E-state index in [1.54, 1.807) is 20.8 Å². The first-order chi connectivity index (χ1) is 10.9. The van der Waals surface area contributed by atoms with Crippen molar-refractivity contribution in [3.63, 3.8) is 0 Å². The van der Waals surface area contributed by atoms with E-state index in [4.69, 9.17) is 4.74 Å². The van der Waals surface area contributed by atoms with Crippen LogP contribution >= 0.6 is 0 Å². The molecule has 5 nitrogen and oxygen atoms in total. The Morgan fingerprint density at radius 2 is 1.62 bits per heavy atom. The summed E-state index contributed by atoms with van der Waals surface area (Å²) in [6.45, 7) is 5.84. The molecule has 8 heteroatoms. The number of piperidine rings is 2. The topological polar surface area (TPSA) is 49.9 Å². The van der Waals surface area contributed by atoms with Gasteiger partial charge in [-0.05, 0) is 52.9 Å². The number of ether oxygens (including phenoxy) is 1. The zero-order valence-corrected chi connectivity index (χ0v) is 14.4. The van der Waals surface area contributed by atoms with Crippen LogP contribution in [0.5, 0.6) is 0 Å². The van der Waals surface area contributed by atoms with Gasteiger partial charge in [0, 0.05) is 19.6 Å². The lowest BCUT2D eigenvalue weighted by Crippen LogP contribution is -2.65. The fourth-order valence-electron chi connectivity index (χ4n) is 3.59. The van der Waals surface area contributed by atoms with Crippen molar-refractivity contribution in [2.75, 3.05) is 19.6 Å². The van der Waals surface area contributed by atoms with Crippen LogP contribution in [0.1, 0.15) is 52.9 Å². The van der Waals surface area contributed by atoms with E-state index in [2.05, 4.69) is 0 Å². The van der Waals surface area contributed by atoms with E-state index in [9.17, 15) is 22.8 Å². The summed E-state index contributed by atoms with van der Waals surface area (Å²) in [5.74, 6) is -1.80. The summed E-state index contributed by atoms with van der Waals surface area (Å²) >= 11 is 0. The number of likely N-dealkylation sites (tertiary alicyclic amines) is 2. The molecule has 0 aromatic rings. The largest absolute Gasteiger partial charge is 0.471 e. The number of carbonyl (C=O) groups excluding carboxylic acids is 2. The lowest BCUT2D eigenvalue weighted by Gasteiger charge is -2.52. The van der Waals surface area contributed by atoms with Crippen LogP contribution in [-0.2, 0) is 9.53 Å². The summed E-state index contributed by atoms with van der Waals surface area (Å²) in [4.78, 5) is 26.5. The van der Waals surface area contributed by atoms with E-state index < -0.39 is 29.3 Å². The van der Waals surface area contributed by atoms with Gasteiger partial charge in [0.25, 0.3) is 0 Å². The molecular formula is C16H25F3N2O3. The van der Waals surface area contributed by atoms with Gasteiger partial charge in [-0.25, -0.2) is 4.79 Å². The van der Waals surface area contributed by atoms with Gasteiger partial charge in [-0.3, -0.25) is 4.79 Å². The van der Waals surface area contributed by atoms with Crippen LogP contribution < -0.4 is 0 Å². The molecule has 1 atom stereocenters. The molecule has 2 rings (SSSR count). The van der Waals surface area contributed by atoms with Gasteiger partial charge in [-0.1, -0.05) is 0 Å². The van der Waals surface area contributed by atoms with Gasteiger partial charge in [0.15, 0.2) is 0 Å². The molecule has 0 aliphatic carbocycles. The number of nitrogens with zero attached hydrogens (tertiary/aromatic N) is 2. The molecule has 24 heavy (non-hydrogen) atoms. The Morgan fingerprint density at radius 1 is 1.00 bits per heavy atom. The minimum atomic E-state index is -4.89. The molecule has 2 aliphatic heterocycles. The van der Waals surface area contributed by atoms with Gasteiger partial charge in [0.05, 0.1) is 5.54 Å². The normalized spacial score (nSPS) is 25.8. The van der Waals surface area contributed by atoms with Crippen molar-refractivity contribution < 1.29 is 27.5 Å². The summed E-state index contributed by atoms with van der Waals surface area (Å²) in [6, 6.07) is 0. The maximum Gasteiger partial charge on any atom is 0.471 e. The number of carbonyl (C=O) groups is 2. The molecule has 0 aromatic heterocycles. The number of rotatable bonds is 0. The third kappa shape index (κ3) is 4.13. The molecule has 138 valence electrons. The lowest BCUT2D eigenvalue weighted by atomic mass is 9.79. The molecule has 2 heterocycles. The van der Waals surface area contributed by atoms with Gasteiger partial charge < -0.3 is 14.5 Å². The molecule has 2 amide bonds. The molecule has 2 aliphatic rings. The van der Waals surface area contributed by atoms with Gasteiger partial charge in [-0.2, -0.15) is 13.2 Å². The second-order valence-corrected chi connectivity index (χ2v) is 7.64. The molecule has 0 radical (unpaired) electrons. The standard InChI is InChI=1S/C16H25F3N2O3/c1-14(2,3)24-13(23)20-9-6-8-15(11-20)7-4-5-10-21(15)12(22)16(17,18)19/h4-11H2,1-3H3/t15-/m1/s1. The number of alkyl halides is 3. The number of hydrogen-bond acceptors (Lipinski definition) is 3. The van der Waals surface area contributed by atoms with Crippen LogP contribution in [0.4, 0.5) is 18.0 Å². The Balaban J connectivity index is 2.19. The fourth-order valence-corrected chi connectivity index (χ4v) is 3.59. The highest BCUT2D eigenvalue weighted by Gasteiger charge is 2.52. The molecule has 0 saturated carbocycles. The third-order valence-electron chi connectivity index (χ3n) is 4.54. The highest BCUT2D eigenvalue weighted by Crippen LogP contribution is 2.38. The van der Waals surface area contributed by atoms with Crippen LogP contribution in [0.25, 0.3) is 0 Å². The monoisotopic (exact) mass is 350 g/mol. The van der Waals surface area contributed by atoms with Gasteiger partial charge in [0.2, 0.25) is 0 Å². The van der Waals surface area contributed by atoms with Crippen LogP contribution in [0, 0.1) is 0 Å². The summed E-state index contributed by atoms with van der Waals surface area (Å²) in [5, 5.41) is 0. The smallest absolute Gasteiger partial charge is 0.444 e. The maximum absolute atomic E-state index is 13.0. The van der Waals surface area contributed by atoms with Crippen molar-refractivity contribution >= 4 is 12.0 Å². The van der Waals surface area contributed by atoms with E-state index in [0.717, 1.165) is 11.3 Å². The minimum Gasteiger partial charge on any atom is -0.444 e. The summed E-state index contributed by atoms with van der Waals surface area (Å²) in [7, 11) is 0. The van der Waals surface area contributed by atoms with Crippen LogP contribution in [0.15, 0.2) is 0 Å². The molecule has 0 unspecified atom stereocenters. The highest BCUT2D eigenvalue weighted by molar-refractivity contribution is 5.83. The van der Waals surface area contributed by atoms with Gasteiger partial charge in [-0.15, -0.1) is 0 Å². The quantitative estimate of drug-likeness (QED) is 0.673. The molecule has 0 N–H and O–H groups in total. The van der Waals surface area contributed by atoms with E-state index in [0.29, 0.717) is 32.2 Å². The van der Waals surface area contributed by atoms with E-state index in [1.807, 2.05) is 0 Å². The van der Waals surface area contributed by atoms with Crippen LogP contribution in [0.2, 0.25) is 0 Å². The summed E-state index contributed by atoms with van der Waals surface area (Å²) < 4.78 is 44.2. The zero-order valence-electron chi connectivity index (χ0n) is 14.4. The lowest BCUT2D eigenvalue weighted by molar-refractivity contribution is -0.196. The molecule has 2 fully saturated rings. The molecular weight excluding hydrogens is 325 g/mol. The van der Waals surface area contributed by atoms with Gasteiger partial charge >= 0.3 is 18.2 Å². The highest BCUT2D eigenvalue weighted by atomic mass is 19.4. The van der Waals surface area contributed by atoms with E-state index >= 15 is 0 Å². The molecule has 1 spiro atoms. The predicted octanol–water partition coefficient (Wildman–Crippen LogP) is 3.33.